The Morgan fingerprint density at radius 3 is 2.56 bits per heavy atom. The van der Waals surface area contributed by atoms with Crippen molar-refractivity contribution in [2.24, 2.45) is 0 Å². The van der Waals surface area contributed by atoms with Gasteiger partial charge in [-0.15, -0.1) is 20.4 Å². The lowest BCUT2D eigenvalue weighted by molar-refractivity contribution is -0.113. The number of carbonyl (C=O) groups is 2. The first-order valence-electron chi connectivity index (χ1n) is 11.9. The molecular formula is C26H22BrN7O2S3. The van der Waals surface area contributed by atoms with E-state index in [0.29, 0.717) is 21.7 Å². The van der Waals surface area contributed by atoms with Crippen LogP contribution < -0.4 is 10.6 Å². The molecule has 2 N–H and O–H groups in total. The van der Waals surface area contributed by atoms with Crippen LogP contribution in [0.25, 0.3) is 16.5 Å². The highest BCUT2D eigenvalue weighted by Crippen LogP contribution is 2.27. The molecule has 0 spiro atoms. The van der Waals surface area contributed by atoms with E-state index in [2.05, 4.69) is 47.0 Å². The topological polar surface area (TPSA) is 115 Å². The van der Waals surface area contributed by atoms with E-state index >= 15 is 0 Å². The Hall–Kier alpha value is -3.26. The van der Waals surface area contributed by atoms with Crippen molar-refractivity contribution < 1.29 is 9.59 Å². The van der Waals surface area contributed by atoms with Crippen LogP contribution >= 0.6 is 50.8 Å². The number of fused-ring (bicyclic) bond motifs is 1. The maximum Gasteiger partial charge on any atom is 0.252 e. The van der Waals surface area contributed by atoms with E-state index in [1.165, 1.54) is 23.1 Å². The van der Waals surface area contributed by atoms with Crippen molar-refractivity contribution in [3.05, 3.63) is 82.6 Å². The van der Waals surface area contributed by atoms with Crippen molar-refractivity contribution >= 4 is 78.5 Å². The summed E-state index contributed by atoms with van der Waals surface area (Å²) in [6.07, 6.45) is 0. The van der Waals surface area contributed by atoms with Crippen LogP contribution in [-0.2, 0) is 11.3 Å². The van der Waals surface area contributed by atoms with Gasteiger partial charge in [-0.05, 0) is 46.9 Å². The zero-order valence-electron chi connectivity index (χ0n) is 20.6. The quantitative estimate of drug-likeness (QED) is 0.145. The molecule has 0 aliphatic heterocycles. The molecule has 0 fully saturated rings. The number of rotatable bonds is 10. The summed E-state index contributed by atoms with van der Waals surface area (Å²) < 4.78 is 3.58. The average Bonchev–Trinajstić information content (AvgIpc) is 3.57. The van der Waals surface area contributed by atoms with Crippen molar-refractivity contribution in [3.63, 3.8) is 0 Å². The Morgan fingerprint density at radius 2 is 1.74 bits per heavy atom. The third-order valence-electron chi connectivity index (χ3n) is 5.48. The van der Waals surface area contributed by atoms with Crippen molar-refractivity contribution in [1.82, 2.24) is 30.3 Å². The summed E-state index contributed by atoms with van der Waals surface area (Å²) in [5, 5.41) is 25.4. The lowest BCUT2D eigenvalue weighted by Gasteiger charge is -2.12. The number of carbonyl (C=O) groups excluding carboxylic acids is 2. The highest BCUT2D eigenvalue weighted by molar-refractivity contribution is 9.10. The first-order chi connectivity index (χ1) is 19.0. The minimum atomic E-state index is -0.222. The summed E-state index contributed by atoms with van der Waals surface area (Å²) in [5.41, 5.74) is 1.40. The number of amides is 2. The first-order valence-corrected chi connectivity index (χ1v) is 15.4. The summed E-state index contributed by atoms with van der Waals surface area (Å²) in [6, 6.07) is 21.1. The molecule has 2 aromatic heterocycles. The molecule has 0 aliphatic rings. The number of hydrogen-bond donors (Lipinski definition) is 2. The molecule has 0 bridgehead atoms. The van der Waals surface area contributed by atoms with E-state index in [0.717, 1.165) is 31.0 Å². The molecule has 198 valence electrons. The standard InChI is InChI=1S/C26H22BrN7O2S3/c1-2-37-26-33-31-24(39-26)29-22(35)15-38-25-32-30-21(34(25)18-12-10-17(27)11-13-18)14-28-23(36)20-9-5-7-16-6-3-4-8-19(16)20/h3-13H,2,14-15H2,1H3,(H,28,36)(H,29,31,35). The molecule has 0 saturated carbocycles. The van der Waals surface area contributed by atoms with E-state index in [9.17, 15) is 9.59 Å². The molecule has 0 atom stereocenters. The second-order valence-corrected chi connectivity index (χ2v) is 12.4. The van der Waals surface area contributed by atoms with Crippen molar-refractivity contribution in [2.75, 3.05) is 16.8 Å². The van der Waals surface area contributed by atoms with Gasteiger partial charge in [-0.1, -0.05) is 94.1 Å². The zero-order chi connectivity index (χ0) is 27.2. The second-order valence-electron chi connectivity index (χ2n) is 8.06. The Bertz CT molecular complexity index is 1620. The predicted molar refractivity (Wildman–Crippen MR) is 160 cm³/mol. The summed E-state index contributed by atoms with van der Waals surface area (Å²) in [5.74, 6) is 1.10. The fourth-order valence-corrected chi connectivity index (χ4v) is 6.46. The Morgan fingerprint density at radius 1 is 0.949 bits per heavy atom. The van der Waals surface area contributed by atoms with Gasteiger partial charge in [0.15, 0.2) is 15.3 Å². The highest BCUT2D eigenvalue weighted by atomic mass is 79.9. The van der Waals surface area contributed by atoms with Crippen LogP contribution in [0.15, 0.2) is 80.7 Å². The van der Waals surface area contributed by atoms with Gasteiger partial charge in [-0.25, -0.2) is 0 Å². The number of nitrogens with one attached hydrogen (secondary N) is 2. The van der Waals surface area contributed by atoms with Gasteiger partial charge in [-0.2, -0.15) is 0 Å². The van der Waals surface area contributed by atoms with Crippen LogP contribution in [0.3, 0.4) is 0 Å². The van der Waals surface area contributed by atoms with Crippen LogP contribution in [0.1, 0.15) is 23.1 Å². The molecule has 0 radical (unpaired) electrons. The van der Waals surface area contributed by atoms with Gasteiger partial charge in [0.1, 0.15) is 0 Å². The fourth-order valence-electron chi connectivity index (χ4n) is 3.76. The Labute approximate surface area is 245 Å². The number of benzene rings is 3. The zero-order valence-corrected chi connectivity index (χ0v) is 24.7. The van der Waals surface area contributed by atoms with Gasteiger partial charge in [0, 0.05) is 15.7 Å². The minimum absolute atomic E-state index is 0.104. The molecule has 39 heavy (non-hydrogen) atoms. The average molecular weight is 641 g/mol. The Balaban J connectivity index is 1.32. The predicted octanol–water partition coefficient (Wildman–Crippen LogP) is 5.81. The summed E-state index contributed by atoms with van der Waals surface area (Å²) >= 11 is 7.63. The lowest BCUT2D eigenvalue weighted by Crippen LogP contribution is -2.25. The minimum Gasteiger partial charge on any atom is -0.345 e. The van der Waals surface area contributed by atoms with Gasteiger partial charge in [0.2, 0.25) is 11.0 Å². The largest absolute Gasteiger partial charge is 0.345 e. The van der Waals surface area contributed by atoms with Gasteiger partial charge in [0.05, 0.1) is 12.3 Å². The first kappa shape index (κ1) is 27.3. The summed E-state index contributed by atoms with van der Waals surface area (Å²) in [7, 11) is 0. The molecular weight excluding hydrogens is 618 g/mol. The van der Waals surface area contributed by atoms with E-state index in [1.54, 1.807) is 17.8 Å². The normalized spacial score (nSPS) is 11.0. The Kier molecular flexibility index (Phi) is 8.91. The van der Waals surface area contributed by atoms with Crippen molar-refractivity contribution in [1.29, 1.82) is 0 Å². The van der Waals surface area contributed by atoms with Crippen LogP contribution in [0.5, 0.6) is 0 Å². The molecule has 9 nitrogen and oxygen atoms in total. The molecule has 5 rings (SSSR count). The van der Waals surface area contributed by atoms with E-state index in [4.69, 9.17) is 0 Å². The van der Waals surface area contributed by atoms with Gasteiger partial charge >= 0.3 is 0 Å². The number of thioether (sulfide) groups is 2. The van der Waals surface area contributed by atoms with E-state index < -0.39 is 0 Å². The van der Waals surface area contributed by atoms with E-state index in [1.807, 2.05) is 72.2 Å². The molecule has 2 amide bonds. The molecule has 0 saturated heterocycles. The fraction of sp³-hybridized carbons (Fsp3) is 0.154. The maximum atomic E-state index is 13.1. The van der Waals surface area contributed by atoms with Crippen LogP contribution in [0.2, 0.25) is 0 Å². The van der Waals surface area contributed by atoms with Gasteiger partial charge in [0.25, 0.3) is 5.91 Å². The third-order valence-corrected chi connectivity index (χ3v) is 8.79. The van der Waals surface area contributed by atoms with E-state index in [-0.39, 0.29) is 24.1 Å². The maximum absolute atomic E-state index is 13.1. The monoisotopic (exact) mass is 639 g/mol. The number of anilines is 1. The second kappa shape index (κ2) is 12.7. The van der Waals surface area contributed by atoms with Crippen molar-refractivity contribution in [3.8, 4) is 5.69 Å². The number of hydrogen-bond acceptors (Lipinski definition) is 9. The smallest absolute Gasteiger partial charge is 0.252 e. The summed E-state index contributed by atoms with van der Waals surface area (Å²) in [4.78, 5) is 25.7. The third kappa shape index (κ3) is 6.67. The van der Waals surface area contributed by atoms with Gasteiger partial charge in [-0.3, -0.25) is 19.5 Å². The van der Waals surface area contributed by atoms with Crippen LogP contribution in [-0.4, -0.2) is 48.3 Å². The number of aromatic nitrogens is 5. The lowest BCUT2D eigenvalue weighted by atomic mass is 10.0. The van der Waals surface area contributed by atoms with Crippen LogP contribution in [0.4, 0.5) is 5.13 Å². The molecule has 13 heteroatoms. The van der Waals surface area contributed by atoms with Crippen molar-refractivity contribution in [2.45, 2.75) is 23.0 Å². The summed E-state index contributed by atoms with van der Waals surface area (Å²) in [6.45, 7) is 2.19. The molecule has 0 aliphatic carbocycles. The number of halogens is 1. The molecule has 3 aromatic carbocycles. The highest BCUT2D eigenvalue weighted by Gasteiger charge is 2.18. The van der Waals surface area contributed by atoms with Gasteiger partial charge < -0.3 is 5.32 Å². The molecule has 5 aromatic rings. The SMILES string of the molecule is CCSc1nnc(NC(=O)CSc2nnc(CNC(=O)c3cccc4ccccc34)n2-c2ccc(Br)cc2)s1. The molecule has 0 unspecified atom stereocenters. The van der Waals surface area contributed by atoms with Crippen LogP contribution in [0, 0.1) is 0 Å². The molecule has 2 heterocycles. The number of nitrogens with zero attached hydrogens (tertiary/aromatic N) is 5.